The van der Waals surface area contributed by atoms with Gasteiger partial charge in [0, 0.05) is 17.7 Å². The van der Waals surface area contributed by atoms with Gasteiger partial charge in [-0.3, -0.25) is 14.5 Å². The third kappa shape index (κ3) is 2.54. The Morgan fingerprint density at radius 3 is 2.68 bits per heavy atom. The van der Waals surface area contributed by atoms with Crippen LogP contribution in [0.15, 0.2) is 66.0 Å². The molecule has 1 N–H and O–H groups in total. The van der Waals surface area contributed by atoms with E-state index in [4.69, 9.17) is 4.74 Å². The smallest absolute Gasteiger partial charge is 0.414 e. The summed E-state index contributed by atoms with van der Waals surface area (Å²) in [6, 6.07) is 8.63. The van der Waals surface area contributed by atoms with Crippen LogP contribution in [0.25, 0.3) is 0 Å². The average Bonchev–Trinajstić information content (AvgIpc) is 3.26. The van der Waals surface area contributed by atoms with Crippen molar-refractivity contribution in [3.63, 3.8) is 0 Å². The average molecular weight is 380 g/mol. The summed E-state index contributed by atoms with van der Waals surface area (Å²) in [4.78, 5) is 39.1. The van der Waals surface area contributed by atoms with E-state index in [2.05, 4.69) is 0 Å². The molecule has 28 heavy (non-hydrogen) atoms. The summed E-state index contributed by atoms with van der Waals surface area (Å²) in [6.07, 6.45) is 5.74. The first-order valence-corrected chi connectivity index (χ1v) is 9.03. The van der Waals surface area contributed by atoms with Crippen LogP contribution >= 0.6 is 0 Å². The minimum Gasteiger partial charge on any atom is -0.471 e. The standard InChI is InChI=1S/C21H20N2O5/c1-13-11-18(24)23(14-7-4-3-5-8-14)21(13,2)28-12-16-15-9-6-10-17(15)22(19(16)25)20(26)27/h3-8,10-12,15,17H,9H2,1-2H3,(H,26,27). The monoisotopic (exact) mass is 380 g/mol. The minimum absolute atomic E-state index is 0.213. The molecule has 0 radical (unpaired) electrons. The predicted molar refractivity (Wildman–Crippen MR) is 101 cm³/mol. The Labute approximate surface area is 162 Å². The van der Waals surface area contributed by atoms with Crippen LogP contribution in [0.5, 0.6) is 0 Å². The molecule has 2 aliphatic heterocycles. The molecule has 0 aromatic heterocycles. The van der Waals surface area contributed by atoms with Gasteiger partial charge in [0.25, 0.3) is 11.8 Å². The fraction of sp³-hybridized carbons (Fsp3) is 0.286. The van der Waals surface area contributed by atoms with Crippen molar-refractivity contribution in [2.24, 2.45) is 5.92 Å². The topological polar surface area (TPSA) is 87.2 Å². The van der Waals surface area contributed by atoms with Crippen molar-refractivity contribution in [2.75, 3.05) is 4.90 Å². The highest BCUT2D eigenvalue weighted by Crippen LogP contribution is 2.41. The van der Waals surface area contributed by atoms with Gasteiger partial charge >= 0.3 is 6.09 Å². The van der Waals surface area contributed by atoms with Crippen LogP contribution in [0.1, 0.15) is 20.3 Å². The van der Waals surface area contributed by atoms with Gasteiger partial charge in [-0.15, -0.1) is 0 Å². The molecule has 3 amide bonds. The zero-order chi connectivity index (χ0) is 20.1. The van der Waals surface area contributed by atoms with Crippen molar-refractivity contribution >= 4 is 23.6 Å². The number of para-hydroxylation sites is 1. The SMILES string of the molecule is CC1=CC(=O)N(c2ccccc2)C1(C)OC=C1C(=O)N(C(=O)O)C2C=CCC12. The number of imide groups is 1. The third-order valence-electron chi connectivity index (χ3n) is 5.65. The van der Waals surface area contributed by atoms with Crippen LogP contribution in [-0.4, -0.2) is 39.7 Å². The number of hydrogen-bond donors (Lipinski definition) is 1. The number of hydrogen-bond acceptors (Lipinski definition) is 4. The molecule has 0 spiro atoms. The summed E-state index contributed by atoms with van der Waals surface area (Å²) < 4.78 is 6.04. The van der Waals surface area contributed by atoms with Gasteiger partial charge in [-0.2, -0.15) is 0 Å². The van der Waals surface area contributed by atoms with Crippen LogP contribution in [0.2, 0.25) is 0 Å². The molecule has 1 fully saturated rings. The number of likely N-dealkylation sites (tertiary alicyclic amines) is 1. The number of allylic oxidation sites excluding steroid dienone is 1. The second kappa shape index (κ2) is 6.37. The summed E-state index contributed by atoms with van der Waals surface area (Å²) in [5.41, 5.74) is 0.564. The van der Waals surface area contributed by atoms with Crippen LogP contribution in [-0.2, 0) is 14.3 Å². The fourth-order valence-corrected chi connectivity index (χ4v) is 4.05. The number of nitrogens with zero attached hydrogens (tertiary/aromatic N) is 2. The largest absolute Gasteiger partial charge is 0.471 e. The molecule has 3 aliphatic rings. The molecular weight excluding hydrogens is 360 g/mol. The highest BCUT2D eigenvalue weighted by molar-refractivity contribution is 6.07. The Hall–Kier alpha value is -3.35. The number of carbonyl (C=O) groups excluding carboxylic acids is 2. The molecular formula is C21H20N2O5. The molecule has 1 aromatic rings. The molecule has 144 valence electrons. The first-order chi connectivity index (χ1) is 13.3. The van der Waals surface area contributed by atoms with Crippen LogP contribution in [0.3, 0.4) is 0 Å². The second-order valence-electron chi connectivity index (χ2n) is 7.23. The first-order valence-electron chi connectivity index (χ1n) is 9.03. The van der Waals surface area contributed by atoms with Crippen molar-refractivity contribution in [2.45, 2.75) is 32.0 Å². The number of anilines is 1. The van der Waals surface area contributed by atoms with E-state index in [1.807, 2.05) is 36.4 Å². The van der Waals surface area contributed by atoms with Gasteiger partial charge in [-0.1, -0.05) is 30.4 Å². The van der Waals surface area contributed by atoms with Crippen molar-refractivity contribution in [3.05, 3.63) is 66.0 Å². The summed E-state index contributed by atoms with van der Waals surface area (Å²) in [7, 11) is 0. The number of ether oxygens (including phenoxy) is 1. The lowest BCUT2D eigenvalue weighted by atomic mass is 9.98. The van der Waals surface area contributed by atoms with E-state index in [1.165, 1.54) is 17.2 Å². The van der Waals surface area contributed by atoms with E-state index in [9.17, 15) is 19.5 Å². The Balaban J connectivity index is 1.67. The second-order valence-corrected chi connectivity index (χ2v) is 7.23. The number of rotatable bonds is 3. The van der Waals surface area contributed by atoms with Crippen LogP contribution in [0, 0.1) is 5.92 Å². The van der Waals surface area contributed by atoms with Crippen LogP contribution in [0.4, 0.5) is 10.5 Å². The van der Waals surface area contributed by atoms with Gasteiger partial charge in [-0.25, -0.2) is 9.69 Å². The van der Waals surface area contributed by atoms with Crippen molar-refractivity contribution < 1.29 is 24.2 Å². The lowest BCUT2D eigenvalue weighted by molar-refractivity contribution is -0.123. The maximum Gasteiger partial charge on any atom is 0.414 e. The molecule has 7 nitrogen and oxygen atoms in total. The Morgan fingerprint density at radius 2 is 2.00 bits per heavy atom. The van der Waals surface area contributed by atoms with Gasteiger partial charge in [0.2, 0.25) is 5.72 Å². The number of fused-ring (bicyclic) bond motifs is 1. The molecule has 0 bridgehead atoms. The molecule has 3 unspecified atom stereocenters. The zero-order valence-electron chi connectivity index (χ0n) is 15.5. The number of amides is 3. The lowest BCUT2D eigenvalue weighted by Crippen LogP contribution is -2.47. The number of carboxylic acid groups (broad SMARTS) is 1. The maximum atomic E-state index is 12.6. The number of carbonyl (C=O) groups is 3. The molecule has 1 saturated heterocycles. The molecule has 0 saturated carbocycles. The lowest BCUT2D eigenvalue weighted by Gasteiger charge is -2.36. The quantitative estimate of drug-likeness (QED) is 0.495. The number of benzene rings is 1. The van der Waals surface area contributed by atoms with Gasteiger partial charge in [0.15, 0.2) is 0 Å². The molecule has 1 aromatic carbocycles. The van der Waals surface area contributed by atoms with E-state index in [1.54, 1.807) is 19.9 Å². The van der Waals surface area contributed by atoms with E-state index in [-0.39, 0.29) is 11.8 Å². The van der Waals surface area contributed by atoms with Crippen molar-refractivity contribution in [1.29, 1.82) is 0 Å². The molecule has 2 heterocycles. The van der Waals surface area contributed by atoms with Crippen molar-refractivity contribution in [3.8, 4) is 0 Å². The Morgan fingerprint density at radius 1 is 1.29 bits per heavy atom. The zero-order valence-corrected chi connectivity index (χ0v) is 15.5. The summed E-state index contributed by atoms with van der Waals surface area (Å²) in [5.74, 6) is -1.05. The van der Waals surface area contributed by atoms with Crippen LogP contribution < -0.4 is 4.90 Å². The third-order valence-corrected chi connectivity index (χ3v) is 5.65. The fourth-order valence-electron chi connectivity index (χ4n) is 4.05. The first kappa shape index (κ1) is 18.0. The Bertz CT molecular complexity index is 949. The summed E-state index contributed by atoms with van der Waals surface area (Å²) >= 11 is 0. The molecule has 4 rings (SSSR count). The van der Waals surface area contributed by atoms with Gasteiger partial charge in [0.05, 0.1) is 17.9 Å². The highest BCUT2D eigenvalue weighted by Gasteiger charge is 2.49. The van der Waals surface area contributed by atoms with E-state index < -0.39 is 23.8 Å². The van der Waals surface area contributed by atoms with E-state index in [0.717, 1.165) is 4.90 Å². The van der Waals surface area contributed by atoms with Gasteiger partial charge in [0.1, 0.15) is 0 Å². The summed E-state index contributed by atoms with van der Waals surface area (Å²) in [5, 5.41) is 9.39. The predicted octanol–water partition coefficient (Wildman–Crippen LogP) is 3.06. The minimum atomic E-state index is -1.28. The molecule has 1 aliphatic carbocycles. The van der Waals surface area contributed by atoms with Gasteiger partial charge < -0.3 is 9.84 Å². The van der Waals surface area contributed by atoms with E-state index >= 15 is 0 Å². The van der Waals surface area contributed by atoms with E-state index in [0.29, 0.717) is 23.3 Å². The highest BCUT2D eigenvalue weighted by atomic mass is 16.5. The van der Waals surface area contributed by atoms with Gasteiger partial charge in [-0.05, 0) is 38.0 Å². The van der Waals surface area contributed by atoms with Crippen molar-refractivity contribution in [1.82, 2.24) is 4.90 Å². The normalized spacial score (nSPS) is 30.2. The summed E-state index contributed by atoms with van der Waals surface area (Å²) in [6.45, 7) is 3.55. The molecule has 3 atom stereocenters. The maximum absolute atomic E-state index is 12.6. The molecule has 7 heteroatoms. The Kier molecular flexibility index (Phi) is 4.10.